The molecule has 0 aliphatic carbocycles. The maximum atomic E-state index is 13.8. The molecule has 2 N–H and O–H groups in total. The van der Waals surface area contributed by atoms with Gasteiger partial charge in [-0.3, -0.25) is 0 Å². The van der Waals surface area contributed by atoms with E-state index < -0.39 is 11.4 Å². The van der Waals surface area contributed by atoms with Crippen molar-refractivity contribution in [3.63, 3.8) is 0 Å². The number of benzene rings is 1. The van der Waals surface area contributed by atoms with Crippen LogP contribution in [0.1, 0.15) is 24.4 Å². The zero-order valence-electron chi connectivity index (χ0n) is 11.3. The van der Waals surface area contributed by atoms with Crippen molar-refractivity contribution in [2.24, 2.45) is 5.73 Å². The number of hydrogen-bond acceptors (Lipinski definition) is 4. The fourth-order valence-electron chi connectivity index (χ4n) is 2.54. The van der Waals surface area contributed by atoms with E-state index in [9.17, 15) is 4.39 Å². The molecule has 0 saturated carbocycles. The van der Waals surface area contributed by atoms with Crippen LogP contribution >= 0.6 is 0 Å². The summed E-state index contributed by atoms with van der Waals surface area (Å²) in [5, 5.41) is 0. The SMILES string of the molecule is COc1ccc(C(N)C2(OC)CCOCC2)cc1F. The third kappa shape index (κ3) is 2.73. The van der Waals surface area contributed by atoms with Crippen molar-refractivity contribution >= 4 is 0 Å². The van der Waals surface area contributed by atoms with Gasteiger partial charge in [-0.2, -0.15) is 0 Å². The van der Waals surface area contributed by atoms with Gasteiger partial charge in [0.05, 0.1) is 18.8 Å². The molecule has 1 aliphatic rings. The van der Waals surface area contributed by atoms with Crippen LogP contribution in [-0.2, 0) is 9.47 Å². The van der Waals surface area contributed by atoms with Crippen LogP contribution in [-0.4, -0.2) is 33.0 Å². The monoisotopic (exact) mass is 269 g/mol. The van der Waals surface area contributed by atoms with Crippen LogP contribution < -0.4 is 10.5 Å². The first-order valence-electron chi connectivity index (χ1n) is 6.35. The van der Waals surface area contributed by atoms with Crippen LogP contribution in [0.4, 0.5) is 4.39 Å². The molecule has 1 unspecified atom stereocenters. The molecular formula is C14H20FNO3. The van der Waals surface area contributed by atoms with Crippen LogP contribution in [0, 0.1) is 5.82 Å². The van der Waals surface area contributed by atoms with Crippen LogP contribution in [0.25, 0.3) is 0 Å². The van der Waals surface area contributed by atoms with E-state index in [1.54, 1.807) is 19.2 Å². The summed E-state index contributed by atoms with van der Waals surface area (Å²) in [6.45, 7) is 1.22. The quantitative estimate of drug-likeness (QED) is 0.908. The van der Waals surface area contributed by atoms with Crippen molar-refractivity contribution in [2.45, 2.75) is 24.5 Å². The Labute approximate surface area is 112 Å². The van der Waals surface area contributed by atoms with Crippen LogP contribution in [0.3, 0.4) is 0 Å². The van der Waals surface area contributed by atoms with E-state index in [-0.39, 0.29) is 11.8 Å². The second-order valence-corrected chi connectivity index (χ2v) is 4.75. The van der Waals surface area contributed by atoms with Crippen LogP contribution in [0.2, 0.25) is 0 Å². The Bertz CT molecular complexity index is 433. The Morgan fingerprint density at radius 1 is 1.32 bits per heavy atom. The van der Waals surface area contributed by atoms with Gasteiger partial charge < -0.3 is 19.9 Å². The summed E-state index contributed by atoms with van der Waals surface area (Å²) in [4.78, 5) is 0. The molecule has 1 atom stereocenters. The number of rotatable bonds is 4. The van der Waals surface area contributed by atoms with E-state index in [0.717, 1.165) is 0 Å². The van der Waals surface area contributed by atoms with Gasteiger partial charge in [0.1, 0.15) is 0 Å². The molecule has 1 saturated heterocycles. The minimum absolute atomic E-state index is 0.217. The number of ether oxygens (including phenoxy) is 3. The van der Waals surface area contributed by atoms with Gasteiger partial charge in [0.25, 0.3) is 0 Å². The minimum atomic E-state index is -0.487. The molecular weight excluding hydrogens is 249 g/mol. The zero-order valence-corrected chi connectivity index (χ0v) is 11.3. The summed E-state index contributed by atoms with van der Waals surface area (Å²) in [5.41, 5.74) is 6.51. The van der Waals surface area contributed by atoms with Crippen molar-refractivity contribution in [1.29, 1.82) is 0 Å². The summed E-state index contributed by atoms with van der Waals surface area (Å²) in [7, 11) is 3.08. The van der Waals surface area contributed by atoms with Crippen LogP contribution in [0.15, 0.2) is 18.2 Å². The third-order valence-corrected chi connectivity index (χ3v) is 3.85. The summed E-state index contributed by atoms with van der Waals surface area (Å²) in [5.74, 6) is -0.192. The molecule has 0 radical (unpaired) electrons. The molecule has 106 valence electrons. The lowest BCUT2D eigenvalue weighted by molar-refractivity contribution is -0.105. The van der Waals surface area contributed by atoms with Gasteiger partial charge in [-0.05, 0) is 17.7 Å². The number of halogens is 1. The average molecular weight is 269 g/mol. The van der Waals surface area contributed by atoms with E-state index >= 15 is 0 Å². The van der Waals surface area contributed by atoms with Crippen molar-refractivity contribution in [3.05, 3.63) is 29.6 Å². The molecule has 1 heterocycles. The summed E-state index contributed by atoms with van der Waals surface area (Å²) in [6.07, 6.45) is 1.41. The Morgan fingerprint density at radius 3 is 2.53 bits per heavy atom. The molecule has 2 rings (SSSR count). The van der Waals surface area contributed by atoms with E-state index in [1.807, 2.05) is 0 Å². The highest BCUT2D eigenvalue weighted by Gasteiger charge is 2.39. The second kappa shape index (κ2) is 5.86. The lowest BCUT2D eigenvalue weighted by atomic mass is 9.82. The summed E-state index contributed by atoms with van der Waals surface area (Å²) in [6, 6.07) is 4.40. The predicted octanol–water partition coefficient (Wildman–Crippen LogP) is 2.03. The molecule has 1 aromatic rings. The van der Waals surface area contributed by atoms with Crippen molar-refractivity contribution in [3.8, 4) is 5.75 Å². The first kappa shape index (κ1) is 14.2. The third-order valence-electron chi connectivity index (χ3n) is 3.85. The van der Waals surface area contributed by atoms with Gasteiger partial charge in [-0.15, -0.1) is 0 Å². The van der Waals surface area contributed by atoms with Gasteiger partial charge in [0.15, 0.2) is 11.6 Å². The molecule has 1 aliphatic heterocycles. The Balaban J connectivity index is 2.26. The molecule has 0 aromatic heterocycles. The molecule has 4 nitrogen and oxygen atoms in total. The highest BCUT2D eigenvalue weighted by molar-refractivity contribution is 5.32. The van der Waals surface area contributed by atoms with E-state index in [2.05, 4.69) is 0 Å². The number of methoxy groups -OCH3 is 2. The maximum absolute atomic E-state index is 13.8. The van der Waals surface area contributed by atoms with E-state index in [1.165, 1.54) is 13.2 Å². The largest absolute Gasteiger partial charge is 0.494 e. The van der Waals surface area contributed by atoms with E-state index in [0.29, 0.717) is 31.6 Å². The fraction of sp³-hybridized carbons (Fsp3) is 0.571. The van der Waals surface area contributed by atoms with Gasteiger partial charge >= 0.3 is 0 Å². The number of hydrogen-bond donors (Lipinski definition) is 1. The Kier molecular flexibility index (Phi) is 4.39. The molecule has 0 spiro atoms. The van der Waals surface area contributed by atoms with Gasteiger partial charge in [-0.25, -0.2) is 4.39 Å². The molecule has 5 heteroatoms. The number of nitrogens with two attached hydrogens (primary N) is 1. The molecule has 0 bridgehead atoms. The summed E-state index contributed by atoms with van der Waals surface area (Å²) >= 11 is 0. The first-order valence-corrected chi connectivity index (χ1v) is 6.35. The molecule has 0 amide bonds. The van der Waals surface area contributed by atoms with Crippen molar-refractivity contribution < 1.29 is 18.6 Å². The standard InChI is InChI=1S/C14H20FNO3/c1-17-12-4-3-10(9-11(12)15)13(16)14(18-2)5-7-19-8-6-14/h3-4,9,13H,5-8,16H2,1-2H3. The zero-order chi connectivity index (χ0) is 13.9. The highest BCUT2D eigenvalue weighted by atomic mass is 19.1. The molecule has 1 aromatic carbocycles. The lowest BCUT2D eigenvalue weighted by Crippen LogP contribution is -2.47. The van der Waals surface area contributed by atoms with E-state index in [4.69, 9.17) is 19.9 Å². The maximum Gasteiger partial charge on any atom is 0.165 e. The van der Waals surface area contributed by atoms with Gasteiger partial charge in [0.2, 0.25) is 0 Å². The Morgan fingerprint density at radius 2 is 2.00 bits per heavy atom. The smallest absolute Gasteiger partial charge is 0.165 e. The topological polar surface area (TPSA) is 53.7 Å². The second-order valence-electron chi connectivity index (χ2n) is 4.75. The molecule has 1 fully saturated rings. The van der Waals surface area contributed by atoms with Crippen LogP contribution in [0.5, 0.6) is 5.75 Å². The molecule has 19 heavy (non-hydrogen) atoms. The fourth-order valence-corrected chi connectivity index (χ4v) is 2.54. The van der Waals surface area contributed by atoms with Gasteiger partial charge in [0, 0.05) is 33.2 Å². The van der Waals surface area contributed by atoms with Gasteiger partial charge in [-0.1, -0.05) is 6.07 Å². The minimum Gasteiger partial charge on any atom is -0.494 e. The highest BCUT2D eigenvalue weighted by Crippen LogP contribution is 2.36. The predicted molar refractivity (Wildman–Crippen MR) is 69.7 cm³/mol. The Hall–Kier alpha value is -1.17. The van der Waals surface area contributed by atoms with Crippen molar-refractivity contribution in [2.75, 3.05) is 27.4 Å². The summed E-state index contributed by atoms with van der Waals surface area (Å²) < 4.78 is 29.6. The average Bonchev–Trinajstić information content (AvgIpc) is 2.47. The first-order chi connectivity index (χ1) is 9.13. The normalized spacial score (nSPS) is 20.0. The lowest BCUT2D eigenvalue weighted by Gasteiger charge is -2.40. The van der Waals surface area contributed by atoms with Crippen molar-refractivity contribution in [1.82, 2.24) is 0 Å².